The number of H-pyrrole nitrogens is 1. The predicted molar refractivity (Wildman–Crippen MR) is 71.5 cm³/mol. The second-order valence-corrected chi connectivity index (χ2v) is 6.27. The lowest BCUT2D eigenvalue weighted by Gasteiger charge is -2.26. The maximum absolute atomic E-state index is 11.9. The lowest BCUT2D eigenvalue weighted by molar-refractivity contribution is 0.184. The number of aromatic nitrogens is 2. The molecule has 104 valence electrons. The molecule has 1 aromatic rings. The van der Waals surface area contributed by atoms with Crippen LogP contribution in [0.4, 0.5) is 0 Å². The molecular weight excluding hydrogens is 268 g/mol. The van der Waals surface area contributed by atoms with Crippen LogP contribution in [-0.4, -0.2) is 26.6 Å². The van der Waals surface area contributed by atoms with Gasteiger partial charge in [0.1, 0.15) is 0 Å². The average molecular weight is 285 g/mol. The van der Waals surface area contributed by atoms with E-state index in [1.807, 2.05) is 0 Å². The van der Waals surface area contributed by atoms with Gasteiger partial charge in [-0.1, -0.05) is 0 Å². The predicted octanol–water partition coefficient (Wildman–Crippen LogP) is 0.642. The summed E-state index contributed by atoms with van der Waals surface area (Å²) in [5, 5.41) is 9.59. The van der Waals surface area contributed by atoms with Crippen LogP contribution < -0.4 is 11.2 Å². The van der Waals surface area contributed by atoms with Crippen LogP contribution in [0.5, 0.6) is 0 Å². The van der Waals surface area contributed by atoms with Crippen LogP contribution in [0.3, 0.4) is 0 Å². The van der Waals surface area contributed by atoms with Crippen molar-refractivity contribution in [1.82, 2.24) is 9.55 Å². The third-order valence-electron chi connectivity index (χ3n) is 4.78. The summed E-state index contributed by atoms with van der Waals surface area (Å²) >= 11 is 6.28. The molecule has 6 heteroatoms. The first-order valence-electron chi connectivity index (χ1n) is 6.60. The number of nitrogens with zero attached hydrogens (tertiary/aromatic N) is 1. The van der Waals surface area contributed by atoms with Gasteiger partial charge in [0.25, 0.3) is 5.56 Å². The lowest BCUT2D eigenvalue weighted by Crippen LogP contribution is -2.36. The Bertz CT molecular complexity index is 609. The van der Waals surface area contributed by atoms with Crippen molar-refractivity contribution >= 4 is 11.6 Å². The molecule has 0 aromatic carbocycles. The van der Waals surface area contributed by atoms with Crippen molar-refractivity contribution in [1.29, 1.82) is 0 Å². The van der Waals surface area contributed by atoms with Crippen molar-refractivity contribution in [3.8, 4) is 0 Å². The number of aromatic amines is 1. The van der Waals surface area contributed by atoms with Gasteiger partial charge in [-0.15, -0.1) is 11.6 Å². The minimum absolute atomic E-state index is 0.0419. The van der Waals surface area contributed by atoms with Gasteiger partial charge >= 0.3 is 5.69 Å². The van der Waals surface area contributed by atoms with E-state index in [1.165, 1.54) is 0 Å². The molecule has 0 radical (unpaired) electrons. The van der Waals surface area contributed by atoms with Gasteiger partial charge in [-0.25, -0.2) is 4.79 Å². The van der Waals surface area contributed by atoms with Gasteiger partial charge in [-0.2, -0.15) is 0 Å². The molecular formula is C13H17ClN2O3. The van der Waals surface area contributed by atoms with Gasteiger partial charge in [0, 0.05) is 29.8 Å². The number of aryl methyl sites for hydroxylation is 1. The third kappa shape index (κ3) is 1.87. The highest BCUT2D eigenvalue weighted by Crippen LogP contribution is 2.55. The Morgan fingerprint density at radius 3 is 2.79 bits per heavy atom. The number of nitrogens with one attached hydrogen (secondary N) is 1. The van der Waals surface area contributed by atoms with Gasteiger partial charge in [-0.3, -0.25) is 14.3 Å². The fourth-order valence-corrected chi connectivity index (χ4v) is 4.33. The van der Waals surface area contributed by atoms with Crippen molar-refractivity contribution in [3.63, 3.8) is 0 Å². The first-order chi connectivity index (χ1) is 9.02. The summed E-state index contributed by atoms with van der Waals surface area (Å²) < 4.78 is 1.62. The van der Waals surface area contributed by atoms with E-state index < -0.39 is 0 Å². The smallest absolute Gasteiger partial charge is 0.328 e. The third-order valence-corrected chi connectivity index (χ3v) is 5.29. The number of alkyl halides is 1. The average Bonchev–Trinajstić information content (AvgIpc) is 2.86. The highest BCUT2D eigenvalue weighted by molar-refractivity contribution is 6.21. The molecule has 0 unspecified atom stereocenters. The Morgan fingerprint density at radius 1 is 1.42 bits per heavy atom. The van der Waals surface area contributed by atoms with Crippen LogP contribution in [0, 0.1) is 24.7 Å². The van der Waals surface area contributed by atoms with Crippen LogP contribution in [0.1, 0.15) is 24.4 Å². The molecule has 2 N–H and O–H groups in total. The number of aliphatic hydroxyl groups is 1. The van der Waals surface area contributed by atoms with Gasteiger partial charge in [0.15, 0.2) is 0 Å². The minimum Gasteiger partial charge on any atom is -0.396 e. The number of aliphatic hydroxyl groups excluding tert-OH is 1. The summed E-state index contributed by atoms with van der Waals surface area (Å²) in [6.45, 7) is 1.81. The molecule has 1 heterocycles. The highest BCUT2D eigenvalue weighted by atomic mass is 35.5. The Hall–Kier alpha value is -1.07. The monoisotopic (exact) mass is 284 g/mol. The summed E-state index contributed by atoms with van der Waals surface area (Å²) in [4.78, 5) is 25.7. The van der Waals surface area contributed by atoms with Crippen LogP contribution in [0.25, 0.3) is 0 Å². The molecule has 2 fully saturated rings. The fraction of sp³-hybridized carbons (Fsp3) is 0.692. The number of halogens is 1. The van der Waals surface area contributed by atoms with Gasteiger partial charge in [0.2, 0.25) is 0 Å². The largest absolute Gasteiger partial charge is 0.396 e. The summed E-state index contributed by atoms with van der Waals surface area (Å²) in [6.07, 6.45) is 3.26. The summed E-state index contributed by atoms with van der Waals surface area (Å²) in [7, 11) is 0. The molecule has 1 aromatic heterocycles. The summed E-state index contributed by atoms with van der Waals surface area (Å²) in [6, 6.07) is 0.0419. The maximum atomic E-state index is 11.9. The summed E-state index contributed by atoms with van der Waals surface area (Å²) in [5.74, 6) is 0.660. The second-order valence-electron chi connectivity index (χ2n) is 5.71. The first kappa shape index (κ1) is 12.9. The van der Waals surface area contributed by atoms with E-state index in [2.05, 4.69) is 4.98 Å². The molecule has 0 spiro atoms. The van der Waals surface area contributed by atoms with Gasteiger partial charge < -0.3 is 5.11 Å². The van der Waals surface area contributed by atoms with Crippen LogP contribution in [0.15, 0.2) is 15.8 Å². The zero-order valence-corrected chi connectivity index (χ0v) is 11.4. The zero-order chi connectivity index (χ0) is 13.7. The molecule has 3 rings (SSSR count). The highest BCUT2D eigenvalue weighted by Gasteiger charge is 2.53. The normalized spacial score (nSPS) is 36.9. The molecule has 2 aliphatic rings. The molecule has 0 saturated heterocycles. The quantitative estimate of drug-likeness (QED) is 0.783. The Balaban J connectivity index is 2.00. The Morgan fingerprint density at radius 2 is 2.16 bits per heavy atom. The van der Waals surface area contributed by atoms with Crippen LogP contribution in [-0.2, 0) is 0 Å². The van der Waals surface area contributed by atoms with Gasteiger partial charge in [0.05, 0.1) is 0 Å². The van der Waals surface area contributed by atoms with Crippen LogP contribution in [0.2, 0.25) is 0 Å². The number of fused-ring (bicyclic) bond motifs is 2. The van der Waals surface area contributed by atoms with Crippen molar-refractivity contribution in [2.75, 3.05) is 6.61 Å². The molecule has 19 heavy (non-hydrogen) atoms. The van der Waals surface area contributed by atoms with E-state index in [0.29, 0.717) is 5.56 Å². The van der Waals surface area contributed by atoms with Crippen molar-refractivity contribution in [2.24, 2.45) is 17.8 Å². The molecule has 5 atom stereocenters. The molecule has 2 bridgehead atoms. The fourth-order valence-electron chi connectivity index (χ4n) is 3.84. The molecule has 2 aliphatic carbocycles. The second kappa shape index (κ2) is 4.49. The van der Waals surface area contributed by atoms with E-state index in [9.17, 15) is 14.7 Å². The molecule has 0 amide bonds. The standard InChI is InChI=1S/C13H17ClN2O3/c1-6-4-16(13(19)15-12(6)18)11-3-7-9(5-17)8(11)2-10(7)14/h4,7-11,17H,2-3,5H2,1H3,(H,15,18,19)/t7-,8-,9-,10-,11-/m0/s1. The minimum atomic E-state index is -0.365. The van der Waals surface area contributed by atoms with Crippen molar-refractivity contribution in [2.45, 2.75) is 31.2 Å². The van der Waals surface area contributed by atoms with E-state index in [4.69, 9.17) is 11.6 Å². The SMILES string of the molecule is Cc1cn([C@H]2C[C@H]3[C@H](CO)[C@@H]2C[C@@H]3Cl)c(=O)[nH]c1=O. The topological polar surface area (TPSA) is 75.1 Å². The number of hydrogen-bond acceptors (Lipinski definition) is 3. The first-order valence-corrected chi connectivity index (χ1v) is 7.03. The van der Waals surface area contributed by atoms with E-state index in [1.54, 1.807) is 17.7 Å². The molecule has 0 aliphatic heterocycles. The summed E-state index contributed by atoms with van der Waals surface area (Å²) in [5.41, 5.74) is -0.167. The lowest BCUT2D eigenvalue weighted by atomic mass is 9.94. The van der Waals surface area contributed by atoms with Crippen molar-refractivity contribution < 1.29 is 5.11 Å². The van der Waals surface area contributed by atoms with E-state index in [-0.39, 0.29) is 47.0 Å². The molecule has 2 saturated carbocycles. The Labute approximate surface area is 115 Å². The van der Waals surface area contributed by atoms with E-state index in [0.717, 1.165) is 12.8 Å². The molecule has 5 nitrogen and oxygen atoms in total. The van der Waals surface area contributed by atoms with Crippen LogP contribution >= 0.6 is 11.6 Å². The Kier molecular flexibility index (Phi) is 3.06. The zero-order valence-electron chi connectivity index (χ0n) is 10.7. The van der Waals surface area contributed by atoms with Crippen molar-refractivity contribution in [3.05, 3.63) is 32.6 Å². The van der Waals surface area contributed by atoms with E-state index >= 15 is 0 Å². The van der Waals surface area contributed by atoms with Gasteiger partial charge in [-0.05, 0) is 37.5 Å². The number of hydrogen-bond donors (Lipinski definition) is 2. The number of rotatable bonds is 2. The maximum Gasteiger partial charge on any atom is 0.328 e.